The number of hydrogen-bond donors (Lipinski definition) is 2. The predicted molar refractivity (Wildman–Crippen MR) is 95.5 cm³/mol. The van der Waals surface area contributed by atoms with Crippen molar-refractivity contribution < 1.29 is 0 Å². The van der Waals surface area contributed by atoms with Crippen LogP contribution in [0.5, 0.6) is 0 Å². The fourth-order valence-corrected chi connectivity index (χ4v) is 1.68. The lowest BCUT2D eigenvalue weighted by atomic mass is 10.2. The van der Waals surface area contributed by atoms with E-state index in [0.29, 0.717) is 6.04 Å². The summed E-state index contributed by atoms with van der Waals surface area (Å²) in [5.41, 5.74) is 0. The van der Waals surface area contributed by atoms with Gasteiger partial charge in [-0.3, -0.25) is 4.99 Å². The molecule has 0 fully saturated rings. The van der Waals surface area contributed by atoms with Crippen LogP contribution >= 0.6 is 35.7 Å². The van der Waals surface area contributed by atoms with Crippen molar-refractivity contribution in [2.24, 2.45) is 4.99 Å². The Bertz CT molecular complexity index is 214. The van der Waals surface area contributed by atoms with Crippen LogP contribution in [0.2, 0.25) is 0 Å². The topological polar surface area (TPSA) is 39.7 Å². The van der Waals surface area contributed by atoms with E-state index in [9.17, 15) is 0 Å². The highest BCUT2D eigenvalue weighted by atomic mass is 127. The molecule has 0 aromatic rings. The van der Waals surface area contributed by atoms with Gasteiger partial charge in [-0.05, 0) is 26.6 Å². The Balaban J connectivity index is 0. The molecule has 18 heavy (non-hydrogen) atoms. The van der Waals surface area contributed by atoms with E-state index in [0.717, 1.165) is 31.3 Å². The minimum atomic E-state index is 0. The van der Waals surface area contributed by atoms with Gasteiger partial charge in [0, 0.05) is 38.5 Å². The van der Waals surface area contributed by atoms with Crippen molar-refractivity contribution >= 4 is 41.7 Å². The Morgan fingerprint density at radius 1 is 1.33 bits per heavy atom. The molecule has 0 saturated carbocycles. The third-order valence-corrected chi connectivity index (χ3v) is 3.53. The summed E-state index contributed by atoms with van der Waals surface area (Å²) in [5, 5.41) is 6.61. The van der Waals surface area contributed by atoms with Gasteiger partial charge in [0.2, 0.25) is 0 Å². The molecular weight excluding hydrogens is 359 g/mol. The number of rotatable bonds is 8. The molecule has 1 unspecified atom stereocenters. The number of halogens is 1. The molecule has 0 radical (unpaired) electrons. The van der Waals surface area contributed by atoms with E-state index in [-0.39, 0.29) is 24.0 Å². The number of guanidine groups is 1. The van der Waals surface area contributed by atoms with Crippen LogP contribution in [0, 0.1) is 0 Å². The van der Waals surface area contributed by atoms with E-state index in [2.05, 4.69) is 47.7 Å². The zero-order valence-electron chi connectivity index (χ0n) is 12.3. The van der Waals surface area contributed by atoms with Gasteiger partial charge in [-0.25, -0.2) is 0 Å². The molecule has 0 bridgehead atoms. The zero-order chi connectivity index (χ0) is 13.1. The van der Waals surface area contributed by atoms with Gasteiger partial charge < -0.3 is 15.5 Å². The quantitative estimate of drug-likeness (QED) is 0.288. The monoisotopic (exact) mass is 388 g/mol. The van der Waals surface area contributed by atoms with Crippen LogP contribution in [0.15, 0.2) is 4.99 Å². The van der Waals surface area contributed by atoms with Gasteiger partial charge in [-0.2, -0.15) is 11.8 Å². The summed E-state index contributed by atoms with van der Waals surface area (Å²) in [4.78, 5) is 6.55. The van der Waals surface area contributed by atoms with Crippen molar-refractivity contribution in [2.75, 3.05) is 45.7 Å². The van der Waals surface area contributed by atoms with Crippen LogP contribution < -0.4 is 10.6 Å². The second-order valence-electron chi connectivity index (χ2n) is 4.16. The maximum Gasteiger partial charge on any atom is 0.191 e. The normalized spacial score (nSPS) is 13.1. The van der Waals surface area contributed by atoms with Crippen molar-refractivity contribution in [3.8, 4) is 0 Å². The van der Waals surface area contributed by atoms with Crippen LogP contribution in [0.3, 0.4) is 0 Å². The molecule has 0 rings (SSSR count). The molecule has 0 heterocycles. The van der Waals surface area contributed by atoms with Gasteiger partial charge in [0.1, 0.15) is 0 Å². The maximum atomic E-state index is 4.19. The molecule has 4 nitrogen and oxygen atoms in total. The number of nitrogens with one attached hydrogen (secondary N) is 2. The van der Waals surface area contributed by atoms with E-state index >= 15 is 0 Å². The van der Waals surface area contributed by atoms with E-state index in [4.69, 9.17) is 0 Å². The Morgan fingerprint density at radius 2 is 1.94 bits per heavy atom. The Labute approximate surface area is 134 Å². The summed E-state index contributed by atoms with van der Waals surface area (Å²) >= 11 is 1.84. The Morgan fingerprint density at radius 3 is 2.44 bits per heavy atom. The molecule has 0 aromatic heterocycles. The summed E-state index contributed by atoms with van der Waals surface area (Å²) in [7, 11) is 3.98. The second kappa shape index (κ2) is 13.7. The summed E-state index contributed by atoms with van der Waals surface area (Å²) in [6.45, 7) is 7.41. The minimum Gasteiger partial charge on any atom is -0.356 e. The molecule has 0 aliphatic carbocycles. The van der Waals surface area contributed by atoms with Crippen LogP contribution in [0.4, 0.5) is 0 Å². The lowest BCUT2D eigenvalue weighted by molar-refractivity contribution is 0.255. The average molecular weight is 388 g/mol. The highest BCUT2D eigenvalue weighted by molar-refractivity contribution is 14.0. The van der Waals surface area contributed by atoms with Gasteiger partial charge >= 0.3 is 0 Å². The molecule has 1 atom stereocenters. The summed E-state index contributed by atoms with van der Waals surface area (Å²) < 4.78 is 0. The minimum absolute atomic E-state index is 0. The summed E-state index contributed by atoms with van der Waals surface area (Å²) in [6.07, 6.45) is 3.30. The molecule has 6 heteroatoms. The maximum absolute atomic E-state index is 4.19. The summed E-state index contributed by atoms with van der Waals surface area (Å²) in [5.74, 6) is 2.00. The van der Waals surface area contributed by atoms with Crippen LogP contribution in [0.25, 0.3) is 0 Å². The van der Waals surface area contributed by atoms with E-state index in [1.165, 1.54) is 6.42 Å². The first kappa shape index (κ1) is 20.6. The van der Waals surface area contributed by atoms with Crippen molar-refractivity contribution in [3.05, 3.63) is 0 Å². The molecule has 0 aromatic carbocycles. The second-order valence-corrected chi connectivity index (χ2v) is 5.14. The highest BCUT2D eigenvalue weighted by Gasteiger charge is 2.05. The van der Waals surface area contributed by atoms with Gasteiger partial charge in [-0.15, -0.1) is 24.0 Å². The fourth-order valence-electron chi connectivity index (χ4n) is 1.37. The number of hydrogen-bond acceptors (Lipinski definition) is 3. The SMILES string of the molecule is CCC(C)N(C)CCNC(=NC)NCCSC.I. The highest BCUT2D eigenvalue weighted by Crippen LogP contribution is 1.97. The first-order valence-electron chi connectivity index (χ1n) is 6.29. The molecule has 0 saturated heterocycles. The first-order chi connectivity index (χ1) is 8.15. The van der Waals surface area contributed by atoms with Crippen LogP contribution in [-0.2, 0) is 0 Å². The molecule has 0 aliphatic heterocycles. The van der Waals surface area contributed by atoms with Gasteiger partial charge in [-0.1, -0.05) is 6.92 Å². The van der Waals surface area contributed by atoms with Gasteiger partial charge in [0.15, 0.2) is 5.96 Å². The fraction of sp³-hybridized carbons (Fsp3) is 0.917. The molecule has 0 spiro atoms. The Hall–Kier alpha value is 0.310. The first-order valence-corrected chi connectivity index (χ1v) is 7.68. The molecule has 110 valence electrons. The van der Waals surface area contributed by atoms with Crippen LogP contribution in [-0.4, -0.2) is 62.6 Å². The zero-order valence-corrected chi connectivity index (χ0v) is 15.5. The predicted octanol–water partition coefficient (Wildman–Crippen LogP) is 1.86. The van der Waals surface area contributed by atoms with E-state index in [1.807, 2.05) is 18.8 Å². The third kappa shape index (κ3) is 10.3. The molecule has 0 amide bonds. The molecule has 0 aliphatic rings. The Kier molecular flexibility index (Phi) is 15.7. The van der Waals surface area contributed by atoms with E-state index in [1.54, 1.807) is 0 Å². The number of nitrogens with zero attached hydrogens (tertiary/aromatic N) is 2. The number of aliphatic imine (C=N–C) groups is 1. The summed E-state index contributed by atoms with van der Waals surface area (Å²) in [6, 6.07) is 0.642. The lowest BCUT2D eigenvalue weighted by Gasteiger charge is -2.23. The van der Waals surface area contributed by atoms with Crippen LogP contribution in [0.1, 0.15) is 20.3 Å². The van der Waals surface area contributed by atoms with Gasteiger partial charge in [0.25, 0.3) is 0 Å². The largest absolute Gasteiger partial charge is 0.356 e. The van der Waals surface area contributed by atoms with Crippen molar-refractivity contribution in [1.29, 1.82) is 0 Å². The lowest BCUT2D eigenvalue weighted by Crippen LogP contribution is -2.43. The van der Waals surface area contributed by atoms with Gasteiger partial charge in [0.05, 0.1) is 0 Å². The number of likely N-dealkylation sites (N-methyl/N-ethyl adjacent to an activating group) is 1. The average Bonchev–Trinajstić information content (AvgIpc) is 2.35. The smallest absolute Gasteiger partial charge is 0.191 e. The van der Waals surface area contributed by atoms with Crippen molar-refractivity contribution in [3.63, 3.8) is 0 Å². The standard InChI is InChI=1S/C12H28N4S.HI/c1-6-11(2)16(4)9-7-14-12(13-3)15-8-10-17-5;/h11H,6-10H2,1-5H3,(H2,13,14,15);1H. The molecule has 2 N–H and O–H groups in total. The third-order valence-electron chi connectivity index (χ3n) is 2.92. The molecular formula is C12H29IN4S. The van der Waals surface area contributed by atoms with Crippen molar-refractivity contribution in [2.45, 2.75) is 26.3 Å². The van der Waals surface area contributed by atoms with Crippen molar-refractivity contribution in [1.82, 2.24) is 15.5 Å². The van der Waals surface area contributed by atoms with E-state index < -0.39 is 0 Å². The number of thioether (sulfide) groups is 1.